The predicted octanol–water partition coefficient (Wildman–Crippen LogP) is 4.50. The quantitative estimate of drug-likeness (QED) is 0.556. The third kappa shape index (κ3) is 4.32. The molecule has 3 heterocycles. The molecule has 0 amide bonds. The van der Waals surface area contributed by atoms with Gasteiger partial charge in [-0.25, -0.2) is 14.2 Å². The van der Waals surface area contributed by atoms with Crippen LogP contribution in [0, 0.1) is 5.92 Å². The molecule has 1 atom stereocenters. The normalized spacial score (nSPS) is 17.0. The fourth-order valence-corrected chi connectivity index (χ4v) is 5.64. The molecule has 2 aromatic heterocycles. The Hall–Kier alpha value is -1.57. The van der Waals surface area contributed by atoms with Gasteiger partial charge in [0.25, 0.3) is 0 Å². The number of aromatic nitrogens is 3. The van der Waals surface area contributed by atoms with Crippen molar-refractivity contribution < 1.29 is 13.9 Å². The number of H-pyrrole nitrogens is 1. The van der Waals surface area contributed by atoms with Crippen LogP contribution in [0.3, 0.4) is 0 Å². The number of halogens is 1. The number of aromatic amines is 1. The molecule has 0 aliphatic carbocycles. The van der Waals surface area contributed by atoms with Crippen molar-refractivity contribution in [3.63, 3.8) is 0 Å². The van der Waals surface area contributed by atoms with Crippen molar-refractivity contribution in [1.29, 1.82) is 0 Å². The van der Waals surface area contributed by atoms with E-state index < -0.39 is 10.8 Å². The molecule has 1 aliphatic heterocycles. The highest BCUT2D eigenvalue weighted by Gasteiger charge is 2.26. The van der Waals surface area contributed by atoms with Crippen LogP contribution in [0.15, 0.2) is 50.9 Å². The molecule has 0 radical (unpaired) electrons. The molecular weight excluding hydrogens is 450 g/mol. The van der Waals surface area contributed by atoms with Crippen molar-refractivity contribution in [1.82, 2.24) is 9.55 Å². The van der Waals surface area contributed by atoms with Crippen LogP contribution in [0.25, 0.3) is 11.0 Å². The second-order valence-corrected chi connectivity index (χ2v) is 10.9. The molecule has 7 heteroatoms. The minimum absolute atomic E-state index is 0.0677. The maximum absolute atomic E-state index is 13.1. The first-order valence-electron chi connectivity index (χ1n) is 10.0. The van der Waals surface area contributed by atoms with Gasteiger partial charge in [0.15, 0.2) is 12.4 Å². The fraction of sp³-hybridized carbons (Fsp3) is 0.455. The van der Waals surface area contributed by atoms with Gasteiger partial charge in [-0.15, -0.1) is 0 Å². The van der Waals surface area contributed by atoms with E-state index in [0.29, 0.717) is 5.92 Å². The van der Waals surface area contributed by atoms with E-state index in [4.69, 9.17) is 9.72 Å². The van der Waals surface area contributed by atoms with E-state index in [-0.39, 0.29) is 5.41 Å². The average molecular weight is 477 g/mol. The number of nitrogens with zero attached hydrogens (tertiary/aromatic N) is 2. The first-order chi connectivity index (χ1) is 13.8. The molecular formula is C22H27BrN3O2S+. The van der Waals surface area contributed by atoms with Gasteiger partial charge in [0, 0.05) is 36.1 Å². The Morgan fingerprint density at radius 2 is 2.03 bits per heavy atom. The summed E-state index contributed by atoms with van der Waals surface area (Å²) in [6, 6.07) is 7.86. The zero-order valence-corrected chi connectivity index (χ0v) is 19.5. The lowest BCUT2D eigenvalue weighted by Crippen LogP contribution is -2.25. The standard InChI is InChI=1S/C22H26BrN3O2S/c1-22(2,3)21-25-18-12-16(29(27)20-6-9-24-13-17(20)23)4-5-19(18)26(21)14-15-7-10-28-11-8-15/h4-6,9,12-13,15H,7-8,10-11,14H2,1-3H3/p+1. The molecule has 1 saturated heterocycles. The van der Waals surface area contributed by atoms with E-state index >= 15 is 0 Å². The van der Waals surface area contributed by atoms with Gasteiger partial charge in [0.2, 0.25) is 0 Å². The lowest BCUT2D eigenvalue weighted by Gasteiger charge is -2.26. The Morgan fingerprint density at radius 1 is 1.28 bits per heavy atom. The minimum Gasteiger partial charge on any atom is -0.381 e. The highest BCUT2D eigenvalue weighted by molar-refractivity contribution is 9.10. The zero-order chi connectivity index (χ0) is 20.6. The third-order valence-corrected chi connectivity index (χ3v) is 7.72. The second-order valence-electron chi connectivity index (χ2n) is 8.63. The van der Waals surface area contributed by atoms with Gasteiger partial charge < -0.3 is 9.30 Å². The summed E-state index contributed by atoms with van der Waals surface area (Å²) in [5.74, 6) is 1.69. The van der Waals surface area contributed by atoms with Gasteiger partial charge in [-0.1, -0.05) is 20.8 Å². The number of pyridine rings is 1. The Bertz CT molecular complexity index is 1050. The average Bonchev–Trinajstić information content (AvgIpc) is 3.07. The number of hydrogen-bond acceptors (Lipinski definition) is 3. The summed E-state index contributed by atoms with van der Waals surface area (Å²) in [5, 5.41) is 0. The van der Waals surface area contributed by atoms with Crippen LogP contribution in [-0.4, -0.2) is 27.0 Å². The number of ether oxygens (including phenoxy) is 1. The summed E-state index contributed by atoms with van der Waals surface area (Å²) < 4.78 is 21.8. The summed E-state index contributed by atoms with van der Waals surface area (Å²) in [5.41, 5.74) is 1.95. The molecule has 1 N–H and O–H groups in total. The van der Waals surface area contributed by atoms with E-state index in [1.807, 2.05) is 18.2 Å². The van der Waals surface area contributed by atoms with Crippen molar-refractivity contribution in [2.45, 2.75) is 55.4 Å². The van der Waals surface area contributed by atoms with E-state index in [1.165, 1.54) is 0 Å². The molecule has 4 rings (SSSR count). The Balaban J connectivity index is 1.75. The minimum atomic E-state index is -1.27. The topological polar surface area (TPSA) is 58.3 Å². The van der Waals surface area contributed by atoms with Crippen molar-refractivity contribution in [3.05, 3.63) is 47.0 Å². The molecule has 0 saturated carbocycles. The molecule has 154 valence electrons. The molecule has 1 fully saturated rings. The SMILES string of the molecule is CC(C)(C)c1nc2cc(S(=O)c3cc[nH+]cc3Br)ccc2n1CC1CCOCC1. The first-order valence-corrected chi connectivity index (χ1v) is 11.9. The molecule has 1 aromatic carbocycles. The molecule has 3 aromatic rings. The smallest absolute Gasteiger partial charge is 0.182 e. The van der Waals surface area contributed by atoms with Gasteiger partial charge in [-0.2, -0.15) is 0 Å². The van der Waals surface area contributed by atoms with Crippen LogP contribution >= 0.6 is 15.9 Å². The number of hydrogen-bond donors (Lipinski definition) is 0. The van der Waals surface area contributed by atoms with Crippen molar-refractivity contribution in [2.24, 2.45) is 5.92 Å². The number of rotatable bonds is 4. The van der Waals surface area contributed by atoms with E-state index in [2.05, 4.69) is 52.3 Å². The summed E-state index contributed by atoms with van der Waals surface area (Å²) in [6.45, 7) is 9.24. The van der Waals surface area contributed by atoms with Crippen LogP contribution < -0.4 is 4.98 Å². The summed E-state index contributed by atoms with van der Waals surface area (Å²) in [4.78, 5) is 9.50. The maximum atomic E-state index is 13.1. The van der Waals surface area contributed by atoms with Gasteiger partial charge in [-0.05, 0) is 52.9 Å². The summed E-state index contributed by atoms with van der Waals surface area (Å²) >= 11 is 3.49. The molecule has 1 unspecified atom stereocenters. The lowest BCUT2D eigenvalue weighted by atomic mass is 9.94. The highest BCUT2D eigenvalue weighted by Crippen LogP contribution is 2.31. The molecule has 0 spiro atoms. The van der Waals surface area contributed by atoms with Gasteiger partial charge in [0.1, 0.15) is 5.82 Å². The van der Waals surface area contributed by atoms with Crippen LogP contribution in [-0.2, 0) is 27.5 Å². The zero-order valence-electron chi connectivity index (χ0n) is 17.1. The highest BCUT2D eigenvalue weighted by atomic mass is 79.9. The number of nitrogens with one attached hydrogen (secondary N) is 1. The number of imidazole rings is 1. The second kappa shape index (κ2) is 8.28. The Morgan fingerprint density at radius 3 is 2.72 bits per heavy atom. The van der Waals surface area contributed by atoms with Crippen LogP contribution in [0.1, 0.15) is 39.4 Å². The van der Waals surface area contributed by atoms with Crippen LogP contribution in [0.2, 0.25) is 0 Å². The van der Waals surface area contributed by atoms with E-state index in [0.717, 1.165) is 63.7 Å². The monoisotopic (exact) mass is 476 g/mol. The van der Waals surface area contributed by atoms with Crippen LogP contribution in [0.5, 0.6) is 0 Å². The Labute approximate surface area is 182 Å². The van der Waals surface area contributed by atoms with E-state index in [9.17, 15) is 4.21 Å². The number of benzene rings is 1. The molecule has 29 heavy (non-hydrogen) atoms. The van der Waals surface area contributed by atoms with Crippen molar-refractivity contribution in [2.75, 3.05) is 13.2 Å². The lowest BCUT2D eigenvalue weighted by molar-refractivity contribution is -0.379. The third-order valence-electron chi connectivity index (χ3n) is 5.36. The first kappa shape index (κ1) is 20.7. The predicted molar refractivity (Wildman–Crippen MR) is 117 cm³/mol. The van der Waals surface area contributed by atoms with Gasteiger partial charge >= 0.3 is 0 Å². The summed E-state index contributed by atoms with van der Waals surface area (Å²) in [6.07, 6.45) is 5.76. The van der Waals surface area contributed by atoms with Crippen molar-refractivity contribution in [3.8, 4) is 0 Å². The van der Waals surface area contributed by atoms with E-state index in [1.54, 1.807) is 12.4 Å². The molecule has 0 bridgehead atoms. The maximum Gasteiger partial charge on any atom is 0.182 e. The molecule has 5 nitrogen and oxygen atoms in total. The van der Waals surface area contributed by atoms with Crippen LogP contribution in [0.4, 0.5) is 0 Å². The van der Waals surface area contributed by atoms with Gasteiger partial charge in [0.05, 0.1) is 31.2 Å². The van der Waals surface area contributed by atoms with Gasteiger partial charge in [-0.3, -0.25) is 0 Å². The molecule has 1 aliphatic rings. The summed E-state index contributed by atoms with van der Waals surface area (Å²) in [7, 11) is -1.27. The fourth-order valence-electron chi connectivity index (χ4n) is 3.84. The Kier molecular flexibility index (Phi) is 5.91. The largest absolute Gasteiger partial charge is 0.381 e. The van der Waals surface area contributed by atoms with Crippen molar-refractivity contribution >= 4 is 37.8 Å². The number of fused-ring (bicyclic) bond motifs is 1.